The van der Waals surface area contributed by atoms with Gasteiger partial charge in [-0.25, -0.2) is 0 Å². The summed E-state index contributed by atoms with van der Waals surface area (Å²) < 4.78 is 0. The van der Waals surface area contributed by atoms with Crippen molar-refractivity contribution in [3.05, 3.63) is 0 Å². The number of amides is 1. The van der Waals surface area contributed by atoms with Crippen molar-refractivity contribution >= 4 is 23.1 Å². The fourth-order valence-corrected chi connectivity index (χ4v) is 1.77. The van der Waals surface area contributed by atoms with Crippen molar-refractivity contribution in [2.45, 2.75) is 39.7 Å². The second kappa shape index (κ2) is 8.42. The minimum atomic E-state index is 0.0580. The number of hydrogen-bond acceptors (Lipinski definition) is 3. The Balaban J connectivity index is 4.07. The molecule has 100 valence electrons. The van der Waals surface area contributed by atoms with Crippen LogP contribution in [-0.2, 0) is 4.79 Å². The molecule has 0 saturated carbocycles. The van der Waals surface area contributed by atoms with Gasteiger partial charge in [0.15, 0.2) is 0 Å². The number of nitrogens with one attached hydrogen (secondary N) is 1. The first kappa shape index (κ1) is 16.3. The second-order valence-electron chi connectivity index (χ2n) is 4.85. The molecule has 0 aliphatic rings. The molecule has 0 bridgehead atoms. The minimum absolute atomic E-state index is 0.0580. The molecule has 17 heavy (non-hydrogen) atoms. The van der Waals surface area contributed by atoms with Gasteiger partial charge < -0.3 is 11.1 Å². The number of hydrogen-bond donors (Lipinski definition) is 2. The number of nitrogens with two attached hydrogens (primary N) is 1. The molecule has 0 aliphatic heterocycles. The molecule has 0 aromatic rings. The van der Waals surface area contributed by atoms with E-state index in [-0.39, 0.29) is 11.9 Å². The number of carbonyl (C=O) groups is 1. The Bertz CT molecular complexity index is 256. The van der Waals surface area contributed by atoms with Gasteiger partial charge in [0.05, 0.1) is 11.5 Å². The van der Waals surface area contributed by atoms with Gasteiger partial charge in [-0.3, -0.25) is 9.69 Å². The third-order valence-electron chi connectivity index (χ3n) is 2.63. The maximum atomic E-state index is 11.6. The van der Waals surface area contributed by atoms with Crippen LogP contribution in [0.25, 0.3) is 0 Å². The predicted octanol–water partition coefficient (Wildman–Crippen LogP) is 1.15. The first-order chi connectivity index (χ1) is 7.86. The third-order valence-corrected chi connectivity index (χ3v) is 2.80. The van der Waals surface area contributed by atoms with Crippen LogP contribution in [-0.4, -0.2) is 42.0 Å². The smallest absolute Gasteiger partial charge is 0.234 e. The van der Waals surface area contributed by atoms with E-state index in [4.69, 9.17) is 18.0 Å². The Kier molecular flexibility index (Phi) is 8.08. The molecular weight excluding hydrogens is 234 g/mol. The van der Waals surface area contributed by atoms with Gasteiger partial charge in [0.2, 0.25) is 5.91 Å². The van der Waals surface area contributed by atoms with E-state index < -0.39 is 0 Å². The van der Waals surface area contributed by atoms with Gasteiger partial charge in [0.1, 0.15) is 0 Å². The van der Waals surface area contributed by atoms with Gasteiger partial charge in [-0.15, -0.1) is 0 Å². The predicted molar refractivity (Wildman–Crippen MR) is 76.0 cm³/mol. The summed E-state index contributed by atoms with van der Waals surface area (Å²) in [6, 6.07) is 0.247. The first-order valence-electron chi connectivity index (χ1n) is 6.12. The van der Waals surface area contributed by atoms with Crippen LogP contribution in [0.1, 0.15) is 33.6 Å². The Morgan fingerprint density at radius 3 is 2.47 bits per heavy atom. The van der Waals surface area contributed by atoms with Crippen LogP contribution in [0.2, 0.25) is 0 Å². The van der Waals surface area contributed by atoms with Crippen LogP contribution >= 0.6 is 12.2 Å². The average Bonchev–Trinajstić information content (AvgIpc) is 2.22. The first-order valence-corrected chi connectivity index (χ1v) is 6.52. The van der Waals surface area contributed by atoms with Crippen molar-refractivity contribution in [2.75, 3.05) is 20.1 Å². The van der Waals surface area contributed by atoms with Crippen molar-refractivity contribution in [3.63, 3.8) is 0 Å². The van der Waals surface area contributed by atoms with Crippen LogP contribution in [0.3, 0.4) is 0 Å². The van der Waals surface area contributed by atoms with Crippen LogP contribution in [0.4, 0.5) is 0 Å². The SMILES string of the molecule is CCC(CC(N)=S)N(C)CC(=O)NCC(C)C. The molecule has 0 aliphatic carbocycles. The van der Waals surface area contributed by atoms with Gasteiger partial charge in [-0.1, -0.05) is 33.0 Å². The molecule has 4 nitrogen and oxygen atoms in total. The Labute approximate surface area is 110 Å². The molecule has 0 aromatic carbocycles. The van der Waals surface area contributed by atoms with Crippen LogP contribution in [0.15, 0.2) is 0 Å². The normalized spacial score (nSPS) is 12.8. The maximum absolute atomic E-state index is 11.6. The molecule has 1 unspecified atom stereocenters. The van der Waals surface area contributed by atoms with Crippen LogP contribution < -0.4 is 11.1 Å². The highest BCUT2D eigenvalue weighted by Crippen LogP contribution is 2.06. The van der Waals surface area contributed by atoms with Crippen molar-refractivity contribution in [1.29, 1.82) is 0 Å². The van der Waals surface area contributed by atoms with Crippen LogP contribution in [0, 0.1) is 5.92 Å². The summed E-state index contributed by atoms with van der Waals surface area (Å²) in [5.41, 5.74) is 5.54. The Morgan fingerprint density at radius 2 is 2.06 bits per heavy atom. The summed E-state index contributed by atoms with van der Waals surface area (Å²) in [6.45, 7) is 7.34. The van der Waals surface area contributed by atoms with E-state index in [0.717, 1.165) is 13.0 Å². The zero-order valence-corrected chi connectivity index (χ0v) is 12.1. The van der Waals surface area contributed by atoms with Crippen LogP contribution in [0.5, 0.6) is 0 Å². The topological polar surface area (TPSA) is 58.4 Å². The lowest BCUT2D eigenvalue weighted by Gasteiger charge is -2.26. The number of carbonyl (C=O) groups excluding carboxylic acids is 1. The lowest BCUT2D eigenvalue weighted by Crippen LogP contribution is -2.42. The van der Waals surface area contributed by atoms with Crippen molar-refractivity contribution in [1.82, 2.24) is 10.2 Å². The number of likely N-dealkylation sites (N-methyl/N-ethyl adjacent to an activating group) is 1. The largest absolute Gasteiger partial charge is 0.393 e. The van der Waals surface area contributed by atoms with E-state index in [1.54, 1.807) is 0 Å². The Hall–Kier alpha value is -0.680. The lowest BCUT2D eigenvalue weighted by atomic mass is 10.1. The summed E-state index contributed by atoms with van der Waals surface area (Å²) >= 11 is 4.91. The van der Waals surface area contributed by atoms with E-state index in [0.29, 0.717) is 23.9 Å². The highest BCUT2D eigenvalue weighted by Gasteiger charge is 2.16. The molecule has 1 amide bonds. The number of thiocarbonyl (C=S) groups is 1. The van der Waals surface area contributed by atoms with Crippen molar-refractivity contribution in [3.8, 4) is 0 Å². The molecule has 0 heterocycles. The summed E-state index contributed by atoms with van der Waals surface area (Å²) in [7, 11) is 1.93. The Morgan fingerprint density at radius 1 is 1.47 bits per heavy atom. The molecule has 5 heteroatoms. The lowest BCUT2D eigenvalue weighted by molar-refractivity contribution is -0.122. The summed E-state index contributed by atoms with van der Waals surface area (Å²) in [5, 5.41) is 2.90. The molecule has 0 aromatic heterocycles. The van der Waals surface area contributed by atoms with Crippen molar-refractivity contribution in [2.24, 2.45) is 11.7 Å². The molecule has 1 atom stereocenters. The summed E-state index contributed by atoms with van der Waals surface area (Å²) in [6.07, 6.45) is 1.60. The van der Waals surface area contributed by atoms with Gasteiger partial charge in [0, 0.05) is 19.0 Å². The fraction of sp³-hybridized carbons (Fsp3) is 0.833. The summed E-state index contributed by atoms with van der Waals surface area (Å²) in [5.74, 6) is 0.533. The minimum Gasteiger partial charge on any atom is -0.393 e. The van der Waals surface area contributed by atoms with Gasteiger partial charge in [0.25, 0.3) is 0 Å². The highest BCUT2D eigenvalue weighted by molar-refractivity contribution is 7.80. The maximum Gasteiger partial charge on any atom is 0.234 e. The molecule has 0 saturated heterocycles. The van der Waals surface area contributed by atoms with Gasteiger partial charge in [-0.2, -0.15) is 0 Å². The zero-order valence-electron chi connectivity index (χ0n) is 11.3. The van der Waals surface area contributed by atoms with Crippen molar-refractivity contribution < 1.29 is 4.79 Å². The monoisotopic (exact) mass is 259 g/mol. The quantitative estimate of drug-likeness (QED) is 0.642. The number of nitrogens with zero attached hydrogens (tertiary/aromatic N) is 1. The van der Waals surface area contributed by atoms with E-state index in [9.17, 15) is 4.79 Å². The molecule has 0 fully saturated rings. The third kappa shape index (κ3) is 8.10. The molecule has 0 radical (unpaired) electrons. The van der Waals surface area contributed by atoms with E-state index in [1.165, 1.54) is 0 Å². The molecular formula is C12H25N3OS. The van der Waals surface area contributed by atoms with Gasteiger partial charge >= 0.3 is 0 Å². The highest BCUT2D eigenvalue weighted by atomic mass is 32.1. The number of rotatable bonds is 8. The van der Waals surface area contributed by atoms with E-state index >= 15 is 0 Å². The van der Waals surface area contributed by atoms with E-state index in [2.05, 4.69) is 26.1 Å². The molecule has 3 N–H and O–H groups in total. The standard InChI is InChI=1S/C12H25N3OS/c1-5-10(6-11(13)17)15(4)8-12(16)14-7-9(2)3/h9-10H,5-8H2,1-4H3,(H2,13,17)(H,14,16). The summed E-state index contributed by atoms with van der Waals surface area (Å²) in [4.78, 5) is 14.2. The fourth-order valence-electron chi connectivity index (χ4n) is 1.57. The van der Waals surface area contributed by atoms with Gasteiger partial charge in [-0.05, 0) is 19.4 Å². The van der Waals surface area contributed by atoms with E-state index in [1.807, 2.05) is 11.9 Å². The second-order valence-corrected chi connectivity index (χ2v) is 5.37. The zero-order chi connectivity index (χ0) is 13.4. The molecule has 0 spiro atoms. The average molecular weight is 259 g/mol. The molecule has 0 rings (SSSR count).